The maximum absolute atomic E-state index is 13.1. The van der Waals surface area contributed by atoms with Crippen LogP contribution in [0.25, 0.3) is 0 Å². The van der Waals surface area contributed by atoms with Gasteiger partial charge in [-0.15, -0.1) is 0 Å². The molecule has 624 valence electrons. The van der Waals surface area contributed by atoms with Crippen LogP contribution in [-0.4, -0.2) is 96.7 Å². The Balaban J connectivity index is 5.23. The summed E-state index contributed by atoms with van der Waals surface area (Å²) in [6.45, 7) is 5.06. The van der Waals surface area contributed by atoms with Gasteiger partial charge in [0, 0.05) is 25.7 Å². The molecule has 0 amide bonds. The molecule has 0 spiro atoms. The monoisotopic (exact) mass is 1540 g/mol. The van der Waals surface area contributed by atoms with E-state index in [9.17, 15) is 43.2 Å². The Bertz CT molecular complexity index is 1980. The normalized spacial score (nSPS) is 13.7. The Morgan fingerprint density at radius 3 is 0.562 bits per heavy atom. The van der Waals surface area contributed by atoms with Crippen LogP contribution in [0.5, 0.6) is 0 Å². The zero-order chi connectivity index (χ0) is 76.7. The van der Waals surface area contributed by atoms with Gasteiger partial charge >= 0.3 is 39.5 Å². The Morgan fingerprint density at radius 2 is 0.381 bits per heavy atom. The lowest BCUT2D eigenvalue weighted by Gasteiger charge is -2.21. The van der Waals surface area contributed by atoms with E-state index in [1.807, 2.05) is 0 Å². The minimum atomic E-state index is -4.96. The number of rotatable bonds is 87. The van der Waals surface area contributed by atoms with Crippen LogP contribution in [-0.2, 0) is 65.4 Å². The number of unbranched alkanes of at least 4 members (excludes halogenated alkanes) is 61. The van der Waals surface area contributed by atoms with E-state index in [4.69, 9.17) is 37.0 Å². The molecule has 0 aliphatic rings. The molecular weight excluding hydrogens is 1370 g/mol. The van der Waals surface area contributed by atoms with E-state index in [-0.39, 0.29) is 25.7 Å². The number of carbonyl (C=O) groups excluding carboxylic acids is 4. The lowest BCUT2D eigenvalue weighted by atomic mass is 10.0. The number of phosphoric acid groups is 2. The van der Waals surface area contributed by atoms with Crippen molar-refractivity contribution in [2.24, 2.45) is 0 Å². The van der Waals surface area contributed by atoms with Crippen LogP contribution in [0.15, 0.2) is 0 Å². The molecule has 5 atom stereocenters. The Morgan fingerprint density at radius 1 is 0.229 bits per heavy atom. The molecule has 0 saturated heterocycles. The second-order valence-electron chi connectivity index (χ2n) is 30.9. The third kappa shape index (κ3) is 79.9. The number of aliphatic hydroxyl groups excluding tert-OH is 1. The predicted molar refractivity (Wildman–Crippen MR) is 432 cm³/mol. The fourth-order valence-corrected chi connectivity index (χ4v) is 15.1. The van der Waals surface area contributed by atoms with Gasteiger partial charge in [0.1, 0.15) is 19.3 Å². The molecule has 105 heavy (non-hydrogen) atoms. The van der Waals surface area contributed by atoms with E-state index in [0.717, 1.165) is 89.9 Å². The Hall–Kier alpha value is -1.94. The number of hydrogen-bond donors (Lipinski definition) is 3. The fraction of sp³-hybridized carbons (Fsp3) is 0.953. The van der Waals surface area contributed by atoms with Crippen LogP contribution >= 0.6 is 15.6 Å². The lowest BCUT2D eigenvalue weighted by molar-refractivity contribution is -0.161. The molecule has 17 nitrogen and oxygen atoms in total. The molecule has 0 aromatic heterocycles. The maximum atomic E-state index is 13.1. The van der Waals surface area contributed by atoms with Gasteiger partial charge < -0.3 is 33.8 Å². The van der Waals surface area contributed by atoms with Gasteiger partial charge in [-0.05, 0) is 25.7 Å². The van der Waals surface area contributed by atoms with E-state index >= 15 is 0 Å². The highest BCUT2D eigenvalue weighted by Crippen LogP contribution is 2.45. The van der Waals surface area contributed by atoms with Gasteiger partial charge in [0.15, 0.2) is 12.2 Å². The highest BCUT2D eigenvalue weighted by Gasteiger charge is 2.30. The zero-order valence-electron chi connectivity index (χ0n) is 68.7. The van der Waals surface area contributed by atoms with Crippen LogP contribution in [0.3, 0.4) is 0 Å². The van der Waals surface area contributed by atoms with Crippen molar-refractivity contribution < 1.29 is 80.2 Å². The molecule has 0 aromatic carbocycles. The van der Waals surface area contributed by atoms with Crippen LogP contribution in [0.2, 0.25) is 0 Å². The molecule has 0 rings (SSSR count). The van der Waals surface area contributed by atoms with Crippen molar-refractivity contribution in [2.75, 3.05) is 39.6 Å². The predicted octanol–water partition coefficient (Wildman–Crippen LogP) is 26.5. The number of esters is 4. The van der Waals surface area contributed by atoms with E-state index in [1.54, 1.807) is 0 Å². The van der Waals surface area contributed by atoms with Crippen LogP contribution in [0.4, 0.5) is 0 Å². The van der Waals surface area contributed by atoms with E-state index in [2.05, 4.69) is 27.7 Å². The average molecular weight is 1540 g/mol. The quantitative estimate of drug-likeness (QED) is 0.0222. The molecule has 0 radical (unpaired) electrons. The van der Waals surface area contributed by atoms with Gasteiger partial charge in [0.2, 0.25) is 0 Å². The second kappa shape index (κ2) is 80.1. The topological polar surface area (TPSA) is 237 Å². The lowest BCUT2D eigenvalue weighted by Crippen LogP contribution is -2.30. The van der Waals surface area contributed by atoms with Crippen molar-refractivity contribution in [1.29, 1.82) is 0 Å². The summed E-state index contributed by atoms with van der Waals surface area (Å²) in [5, 5.41) is 10.7. The average Bonchev–Trinajstić information content (AvgIpc) is 0.908. The molecule has 0 aliphatic heterocycles. The zero-order valence-corrected chi connectivity index (χ0v) is 70.5. The molecular formula is C86H168O17P2. The number of aliphatic hydroxyl groups is 1. The van der Waals surface area contributed by atoms with Gasteiger partial charge in [-0.25, -0.2) is 9.13 Å². The van der Waals surface area contributed by atoms with Gasteiger partial charge in [-0.1, -0.05) is 419 Å². The smallest absolute Gasteiger partial charge is 0.462 e. The summed E-state index contributed by atoms with van der Waals surface area (Å²) in [6.07, 6.45) is 74.9. The minimum Gasteiger partial charge on any atom is -0.462 e. The van der Waals surface area contributed by atoms with E-state index in [0.29, 0.717) is 25.7 Å². The van der Waals surface area contributed by atoms with Gasteiger partial charge in [-0.2, -0.15) is 0 Å². The summed E-state index contributed by atoms with van der Waals surface area (Å²) in [4.78, 5) is 73.2. The van der Waals surface area contributed by atoms with Crippen molar-refractivity contribution in [3.05, 3.63) is 0 Å². The minimum absolute atomic E-state index is 0.109. The number of ether oxygens (including phenoxy) is 4. The fourth-order valence-electron chi connectivity index (χ4n) is 13.5. The third-order valence-corrected chi connectivity index (χ3v) is 22.3. The first kappa shape index (κ1) is 103. The molecule has 3 N–H and O–H groups in total. The van der Waals surface area contributed by atoms with E-state index < -0.39 is 97.5 Å². The first-order valence-electron chi connectivity index (χ1n) is 44.8. The Kier molecular flexibility index (Phi) is 78.6. The van der Waals surface area contributed by atoms with Crippen molar-refractivity contribution in [1.82, 2.24) is 0 Å². The first-order valence-corrected chi connectivity index (χ1v) is 47.8. The second-order valence-corrected chi connectivity index (χ2v) is 33.8. The van der Waals surface area contributed by atoms with Crippen molar-refractivity contribution >= 4 is 39.5 Å². The largest absolute Gasteiger partial charge is 0.472 e. The van der Waals surface area contributed by atoms with Crippen LogP contribution < -0.4 is 0 Å². The molecule has 0 saturated carbocycles. The molecule has 19 heteroatoms. The molecule has 0 aromatic rings. The van der Waals surface area contributed by atoms with Gasteiger partial charge in [0.25, 0.3) is 0 Å². The highest BCUT2D eigenvalue weighted by molar-refractivity contribution is 7.47. The van der Waals surface area contributed by atoms with Crippen LogP contribution in [0, 0.1) is 0 Å². The Labute approximate surface area is 645 Å². The van der Waals surface area contributed by atoms with Crippen molar-refractivity contribution in [3.63, 3.8) is 0 Å². The first-order chi connectivity index (χ1) is 51.2. The third-order valence-electron chi connectivity index (χ3n) is 20.4. The number of carbonyl (C=O) groups is 4. The number of hydrogen-bond acceptors (Lipinski definition) is 15. The highest BCUT2D eigenvalue weighted by atomic mass is 31.2. The summed E-state index contributed by atoms with van der Waals surface area (Å²) in [5.41, 5.74) is 0. The summed E-state index contributed by atoms with van der Waals surface area (Å²) in [7, 11) is -9.92. The summed E-state index contributed by atoms with van der Waals surface area (Å²) in [6, 6.07) is 0. The SMILES string of the molecule is CCCCCCCCCCCCCCCCCCCCCCCC(=O)O[C@H](COC(=O)CCCCCCCCCCCCCCCCCCCC)COP(=O)(O)OC[C@@H](O)COP(=O)(O)OC[C@@H](COC(=O)CCCCCCCCCCCCC)OC(=O)CCCCCCCCCCCCCCCCC. The molecule has 0 bridgehead atoms. The van der Waals surface area contributed by atoms with Crippen molar-refractivity contribution in [2.45, 2.75) is 489 Å². The maximum Gasteiger partial charge on any atom is 0.472 e. The number of phosphoric ester groups is 2. The summed E-state index contributed by atoms with van der Waals surface area (Å²) >= 11 is 0. The van der Waals surface area contributed by atoms with Crippen LogP contribution in [0.1, 0.15) is 471 Å². The molecule has 2 unspecified atom stereocenters. The standard InChI is InChI=1S/C86H168O17P2/c1-5-9-13-17-21-25-29-32-35-37-39-40-41-43-46-49-53-57-61-65-69-73-86(91)103-82(77-97-84(89)71-67-63-59-55-51-47-45-42-38-36-33-30-26-22-18-14-10-6-2)79-101-105(94,95)99-75-80(87)74-98-104(92,93)100-78-81(76-96-83(88)70-66-62-58-54-50-28-24-20-16-12-8-4)102-85(90)72-68-64-60-56-52-48-44-34-31-27-23-19-15-11-7-3/h80-82,87H,5-79H2,1-4H3,(H,92,93)(H,94,95)/t80-,81+,82+/m0/s1. The molecule has 0 heterocycles. The van der Waals surface area contributed by atoms with Crippen molar-refractivity contribution in [3.8, 4) is 0 Å². The molecule has 0 aliphatic carbocycles. The van der Waals surface area contributed by atoms with Gasteiger partial charge in [-0.3, -0.25) is 37.3 Å². The van der Waals surface area contributed by atoms with E-state index in [1.165, 1.54) is 302 Å². The summed E-state index contributed by atoms with van der Waals surface area (Å²) in [5.74, 6) is -2.10. The van der Waals surface area contributed by atoms with Gasteiger partial charge in [0.05, 0.1) is 26.4 Å². The summed E-state index contributed by atoms with van der Waals surface area (Å²) < 4.78 is 68.9. The molecule has 0 fully saturated rings.